The van der Waals surface area contributed by atoms with Crippen molar-refractivity contribution < 1.29 is 28.2 Å². The summed E-state index contributed by atoms with van der Waals surface area (Å²) in [6.07, 6.45) is 2.18. The van der Waals surface area contributed by atoms with Gasteiger partial charge in [0.25, 0.3) is 5.91 Å². The lowest BCUT2D eigenvalue weighted by atomic mass is 10.2. The van der Waals surface area contributed by atoms with Gasteiger partial charge in [-0.3, -0.25) is 4.79 Å². The summed E-state index contributed by atoms with van der Waals surface area (Å²) in [6, 6.07) is 13.6. The SMILES string of the molecule is COc1cc(CNC(=O)COc2ccc3ccc(=O)oc3c2)ccc1OCC1CCCO1. The number of ether oxygens (including phenoxy) is 4. The number of methoxy groups -OCH3 is 1. The number of hydrogen-bond donors (Lipinski definition) is 1. The third-order valence-electron chi connectivity index (χ3n) is 5.13. The molecule has 1 aliphatic rings. The van der Waals surface area contributed by atoms with Crippen molar-refractivity contribution in [2.75, 3.05) is 26.9 Å². The van der Waals surface area contributed by atoms with Crippen LogP contribution in [-0.2, 0) is 16.1 Å². The van der Waals surface area contributed by atoms with Gasteiger partial charge in [-0.05, 0) is 48.7 Å². The van der Waals surface area contributed by atoms with Crippen LogP contribution in [0.3, 0.4) is 0 Å². The highest BCUT2D eigenvalue weighted by Crippen LogP contribution is 2.29. The molecule has 1 aliphatic heterocycles. The molecule has 1 N–H and O–H groups in total. The minimum absolute atomic E-state index is 0.123. The third kappa shape index (κ3) is 5.59. The summed E-state index contributed by atoms with van der Waals surface area (Å²) in [6.45, 7) is 1.42. The zero-order valence-electron chi connectivity index (χ0n) is 17.8. The van der Waals surface area contributed by atoms with E-state index in [4.69, 9.17) is 23.4 Å². The monoisotopic (exact) mass is 439 g/mol. The molecule has 1 unspecified atom stereocenters. The van der Waals surface area contributed by atoms with E-state index in [0.29, 0.717) is 36.0 Å². The molecule has 1 saturated heterocycles. The normalized spacial score (nSPS) is 15.5. The highest BCUT2D eigenvalue weighted by Gasteiger charge is 2.17. The number of benzene rings is 2. The van der Waals surface area contributed by atoms with Crippen LogP contribution in [0.1, 0.15) is 18.4 Å². The number of fused-ring (bicyclic) bond motifs is 1. The first-order valence-corrected chi connectivity index (χ1v) is 10.5. The first kappa shape index (κ1) is 21.7. The minimum Gasteiger partial charge on any atom is -0.493 e. The first-order chi connectivity index (χ1) is 15.6. The maximum absolute atomic E-state index is 12.2. The Morgan fingerprint density at radius 1 is 1.09 bits per heavy atom. The summed E-state index contributed by atoms with van der Waals surface area (Å²) in [5.41, 5.74) is 0.836. The van der Waals surface area contributed by atoms with Crippen molar-refractivity contribution in [2.24, 2.45) is 0 Å². The molecule has 2 heterocycles. The van der Waals surface area contributed by atoms with Crippen LogP contribution >= 0.6 is 0 Å². The van der Waals surface area contributed by atoms with Crippen LogP contribution in [0.4, 0.5) is 0 Å². The van der Waals surface area contributed by atoms with Crippen molar-refractivity contribution in [3.63, 3.8) is 0 Å². The Kier molecular flexibility index (Phi) is 6.91. The molecule has 1 atom stereocenters. The first-order valence-electron chi connectivity index (χ1n) is 10.5. The van der Waals surface area contributed by atoms with E-state index in [9.17, 15) is 9.59 Å². The van der Waals surface area contributed by atoms with E-state index in [1.807, 2.05) is 18.2 Å². The van der Waals surface area contributed by atoms with Crippen LogP contribution in [-0.4, -0.2) is 38.9 Å². The van der Waals surface area contributed by atoms with E-state index in [1.54, 1.807) is 31.4 Å². The van der Waals surface area contributed by atoms with E-state index in [0.717, 1.165) is 30.4 Å². The van der Waals surface area contributed by atoms with Crippen molar-refractivity contribution in [1.29, 1.82) is 0 Å². The van der Waals surface area contributed by atoms with Crippen molar-refractivity contribution in [3.8, 4) is 17.2 Å². The van der Waals surface area contributed by atoms with Gasteiger partial charge in [-0.15, -0.1) is 0 Å². The predicted molar refractivity (Wildman–Crippen MR) is 117 cm³/mol. The van der Waals surface area contributed by atoms with Gasteiger partial charge in [-0.25, -0.2) is 4.79 Å². The summed E-state index contributed by atoms with van der Waals surface area (Å²) in [4.78, 5) is 23.5. The van der Waals surface area contributed by atoms with E-state index >= 15 is 0 Å². The van der Waals surface area contributed by atoms with E-state index in [-0.39, 0.29) is 18.6 Å². The second-order valence-electron chi connectivity index (χ2n) is 7.45. The molecule has 168 valence electrons. The highest BCUT2D eigenvalue weighted by molar-refractivity contribution is 5.79. The average Bonchev–Trinajstić information content (AvgIpc) is 3.33. The number of nitrogens with one attached hydrogen (secondary N) is 1. The maximum Gasteiger partial charge on any atom is 0.336 e. The standard InChI is InChI=1S/C24H25NO7/c1-28-22-11-16(4-8-20(22)31-14-19-3-2-10-29-19)13-25-23(26)15-30-18-7-5-17-6-9-24(27)32-21(17)12-18/h4-9,11-12,19H,2-3,10,13-15H2,1H3,(H,25,26). The summed E-state index contributed by atoms with van der Waals surface area (Å²) in [5.74, 6) is 1.40. The van der Waals surface area contributed by atoms with Crippen molar-refractivity contribution in [1.82, 2.24) is 5.32 Å². The zero-order chi connectivity index (χ0) is 22.3. The maximum atomic E-state index is 12.2. The zero-order valence-corrected chi connectivity index (χ0v) is 17.8. The van der Waals surface area contributed by atoms with E-state index in [1.165, 1.54) is 6.07 Å². The fourth-order valence-corrected chi connectivity index (χ4v) is 3.43. The van der Waals surface area contributed by atoms with Gasteiger partial charge >= 0.3 is 5.63 Å². The molecule has 0 bridgehead atoms. The van der Waals surface area contributed by atoms with Gasteiger partial charge in [-0.2, -0.15) is 0 Å². The molecule has 1 fully saturated rings. The Labute approximate surface area is 185 Å². The Balaban J connectivity index is 1.28. The molecule has 0 radical (unpaired) electrons. The van der Waals surface area contributed by atoms with Gasteiger partial charge in [0.05, 0.1) is 13.2 Å². The molecule has 0 saturated carbocycles. The van der Waals surface area contributed by atoms with Crippen LogP contribution in [0.5, 0.6) is 17.2 Å². The number of amides is 1. The van der Waals surface area contributed by atoms with E-state index in [2.05, 4.69) is 5.32 Å². The summed E-state index contributed by atoms with van der Waals surface area (Å²) in [7, 11) is 1.58. The Hall–Kier alpha value is -3.52. The average molecular weight is 439 g/mol. The van der Waals surface area contributed by atoms with Gasteiger partial charge in [-0.1, -0.05) is 6.07 Å². The second-order valence-corrected chi connectivity index (χ2v) is 7.45. The molecule has 8 nitrogen and oxygen atoms in total. The molecular weight excluding hydrogens is 414 g/mol. The number of carbonyl (C=O) groups is 1. The van der Waals surface area contributed by atoms with Crippen LogP contribution in [0.2, 0.25) is 0 Å². The summed E-state index contributed by atoms with van der Waals surface area (Å²) >= 11 is 0. The van der Waals surface area contributed by atoms with Crippen molar-refractivity contribution >= 4 is 16.9 Å². The molecule has 3 aromatic rings. The number of carbonyl (C=O) groups excluding carboxylic acids is 1. The highest BCUT2D eigenvalue weighted by atomic mass is 16.5. The quantitative estimate of drug-likeness (QED) is 0.512. The minimum atomic E-state index is -0.439. The Bertz CT molecular complexity index is 1130. The number of hydrogen-bond acceptors (Lipinski definition) is 7. The van der Waals surface area contributed by atoms with Crippen LogP contribution in [0.25, 0.3) is 11.0 Å². The van der Waals surface area contributed by atoms with Crippen molar-refractivity contribution in [2.45, 2.75) is 25.5 Å². The molecule has 8 heteroatoms. The molecule has 4 rings (SSSR count). The fraction of sp³-hybridized carbons (Fsp3) is 0.333. The smallest absolute Gasteiger partial charge is 0.336 e. The largest absolute Gasteiger partial charge is 0.493 e. The van der Waals surface area contributed by atoms with E-state index < -0.39 is 5.63 Å². The Morgan fingerprint density at radius 2 is 1.97 bits per heavy atom. The lowest BCUT2D eigenvalue weighted by Crippen LogP contribution is -2.28. The van der Waals surface area contributed by atoms with Gasteiger partial charge < -0.3 is 28.7 Å². The van der Waals surface area contributed by atoms with Gasteiger partial charge in [0, 0.05) is 30.7 Å². The van der Waals surface area contributed by atoms with Gasteiger partial charge in [0.2, 0.25) is 0 Å². The van der Waals surface area contributed by atoms with Gasteiger partial charge in [0.1, 0.15) is 17.9 Å². The molecule has 32 heavy (non-hydrogen) atoms. The molecule has 0 spiro atoms. The lowest BCUT2D eigenvalue weighted by Gasteiger charge is -2.15. The molecular formula is C24H25NO7. The van der Waals surface area contributed by atoms with Crippen LogP contribution in [0, 0.1) is 0 Å². The fourth-order valence-electron chi connectivity index (χ4n) is 3.43. The van der Waals surface area contributed by atoms with Crippen LogP contribution in [0.15, 0.2) is 57.7 Å². The lowest BCUT2D eigenvalue weighted by molar-refractivity contribution is -0.123. The molecule has 2 aromatic carbocycles. The molecule has 1 aromatic heterocycles. The number of rotatable bonds is 9. The van der Waals surface area contributed by atoms with Crippen LogP contribution < -0.4 is 25.2 Å². The molecule has 0 aliphatic carbocycles. The summed E-state index contributed by atoms with van der Waals surface area (Å²) < 4.78 is 27.5. The predicted octanol–water partition coefficient (Wildman–Crippen LogP) is 3.05. The second kappa shape index (κ2) is 10.2. The third-order valence-corrected chi connectivity index (χ3v) is 5.13. The van der Waals surface area contributed by atoms with Gasteiger partial charge in [0.15, 0.2) is 18.1 Å². The van der Waals surface area contributed by atoms with Crippen molar-refractivity contribution in [3.05, 3.63) is 64.5 Å². The Morgan fingerprint density at radius 3 is 2.78 bits per heavy atom. The summed E-state index contributed by atoms with van der Waals surface area (Å²) in [5, 5.41) is 3.59. The topological polar surface area (TPSA) is 96.2 Å². The molecule has 1 amide bonds.